The number of nitrogens with zero attached hydrogens (tertiary/aromatic N) is 3. The highest BCUT2D eigenvalue weighted by atomic mass is 14.9. The number of imidazole rings is 1. The summed E-state index contributed by atoms with van der Waals surface area (Å²) in [5.74, 6) is 0.838. The van der Waals surface area contributed by atoms with Crippen molar-refractivity contribution in [1.29, 1.82) is 0 Å². The van der Waals surface area contributed by atoms with Crippen molar-refractivity contribution < 1.29 is 0 Å². The number of nitrogens with one attached hydrogen (secondary N) is 1. The number of H-pyrrole nitrogens is 1. The summed E-state index contributed by atoms with van der Waals surface area (Å²) in [7, 11) is 0. The van der Waals surface area contributed by atoms with Crippen LogP contribution in [0.3, 0.4) is 0 Å². The standard InChI is InChI=1S/C15H17N5/c1-10(16)2-5-15-17-7-6-12(20-15)11-3-4-13-14(8-11)19-9-18-13/h3-4,6-10H,2,5,16H2,1H3,(H,18,19). The van der Waals surface area contributed by atoms with E-state index < -0.39 is 0 Å². The van der Waals surface area contributed by atoms with Gasteiger partial charge in [-0.2, -0.15) is 0 Å². The SMILES string of the molecule is CC(N)CCc1nccc(-c2ccc3nc[nH]c3c2)n1. The topological polar surface area (TPSA) is 80.5 Å². The third-order valence-electron chi connectivity index (χ3n) is 3.24. The van der Waals surface area contributed by atoms with E-state index in [1.807, 2.05) is 25.1 Å². The Morgan fingerprint density at radius 2 is 2.15 bits per heavy atom. The van der Waals surface area contributed by atoms with E-state index in [0.717, 1.165) is 41.0 Å². The van der Waals surface area contributed by atoms with E-state index in [4.69, 9.17) is 5.73 Å². The van der Waals surface area contributed by atoms with Crippen LogP contribution < -0.4 is 5.73 Å². The Morgan fingerprint density at radius 1 is 1.25 bits per heavy atom. The molecule has 0 aliphatic heterocycles. The first-order valence-electron chi connectivity index (χ1n) is 6.73. The van der Waals surface area contributed by atoms with Crippen LogP contribution in [0, 0.1) is 0 Å². The molecule has 1 atom stereocenters. The van der Waals surface area contributed by atoms with E-state index in [-0.39, 0.29) is 6.04 Å². The van der Waals surface area contributed by atoms with Gasteiger partial charge < -0.3 is 10.7 Å². The second-order valence-corrected chi connectivity index (χ2v) is 5.01. The van der Waals surface area contributed by atoms with Crippen LogP contribution >= 0.6 is 0 Å². The van der Waals surface area contributed by atoms with Crippen molar-refractivity contribution in [2.45, 2.75) is 25.8 Å². The van der Waals surface area contributed by atoms with Crippen molar-refractivity contribution in [3.05, 3.63) is 42.6 Å². The van der Waals surface area contributed by atoms with Gasteiger partial charge in [-0.15, -0.1) is 0 Å². The Kier molecular flexibility index (Phi) is 3.43. The van der Waals surface area contributed by atoms with Gasteiger partial charge in [-0.05, 0) is 31.5 Å². The molecule has 5 nitrogen and oxygen atoms in total. The molecule has 0 aliphatic carbocycles. The maximum atomic E-state index is 5.77. The molecule has 102 valence electrons. The molecule has 0 amide bonds. The zero-order valence-corrected chi connectivity index (χ0v) is 11.4. The molecule has 0 fully saturated rings. The summed E-state index contributed by atoms with van der Waals surface area (Å²) in [4.78, 5) is 16.2. The molecule has 3 rings (SSSR count). The maximum absolute atomic E-state index is 5.77. The number of nitrogens with two attached hydrogens (primary N) is 1. The summed E-state index contributed by atoms with van der Waals surface area (Å²) in [6.45, 7) is 2.00. The number of aromatic amines is 1. The minimum Gasteiger partial charge on any atom is -0.345 e. The van der Waals surface area contributed by atoms with E-state index in [9.17, 15) is 0 Å². The lowest BCUT2D eigenvalue weighted by Crippen LogP contribution is -2.16. The van der Waals surface area contributed by atoms with Crippen molar-refractivity contribution in [3.63, 3.8) is 0 Å². The average Bonchev–Trinajstić information content (AvgIpc) is 2.93. The molecule has 0 saturated carbocycles. The van der Waals surface area contributed by atoms with Crippen molar-refractivity contribution in [2.75, 3.05) is 0 Å². The molecule has 2 heterocycles. The number of hydrogen-bond donors (Lipinski definition) is 2. The highest BCUT2D eigenvalue weighted by Gasteiger charge is 2.05. The van der Waals surface area contributed by atoms with Crippen LogP contribution in [0.25, 0.3) is 22.3 Å². The van der Waals surface area contributed by atoms with E-state index >= 15 is 0 Å². The Balaban J connectivity index is 1.90. The van der Waals surface area contributed by atoms with Gasteiger partial charge in [0.1, 0.15) is 5.82 Å². The minimum absolute atomic E-state index is 0.170. The molecular weight excluding hydrogens is 250 g/mol. The largest absolute Gasteiger partial charge is 0.345 e. The van der Waals surface area contributed by atoms with E-state index in [2.05, 4.69) is 26.0 Å². The molecule has 0 saturated heterocycles. The van der Waals surface area contributed by atoms with Gasteiger partial charge in [0.15, 0.2) is 0 Å². The lowest BCUT2D eigenvalue weighted by Gasteiger charge is -2.06. The van der Waals surface area contributed by atoms with Crippen LogP contribution in [0.2, 0.25) is 0 Å². The first kappa shape index (κ1) is 12.7. The van der Waals surface area contributed by atoms with Crippen molar-refractivity contribution in [1.82, 2.24) is 19.9 Å². The zero-order valence-electron chi connectivity index (χ0n) is 11.4. The molecule has 0 radical (unpaired) electrons. The monoisotopic (exact) mass is 267 g/mol. The predicted molar refractivity (Wildman–Crippen MR) is 79.1 cm³/mol. The van der Waals surface area contributed by atoms with Crippen molar-refractivity contribution in [3.8, 4) is 11.3 Å². The third-order valence-corrected chi connectivity index (χ3v) is 3.24. The normalized spacial score (nSPS) is 12.7. The van der Waals surface area contributed by atoms with Crippen LogP contribution in [0.5, 0.6) is 0 Å². The van der Waals surface area contributed by atoms with Crippen LogP contribution in [0.15, 0.2) is 36.8 Å². The van der Waals surface area contributed by atoms with Gasteiger partial charge in [-0.3, -0.25) is 0 Å². The molecule has 20 heavy (non-hydrogen) atoms. The summed E-state index contributed by atoms with van der Waals surface area (Å²) in [6, 6.07) is 8.17. The number of benzene rings is 1. The molecule has 2 aromatic heterocycles. The fourth-order valence-electron chi connectivity index (χ4n) is 2.13. The van der Waals surface area contributed by atoms with Crippen LogP contribution in [-0.4, -0.2) is 26.0 Å². The Labute approximate surface area is 117 Å². The molecule has 3 N–H and O–H groups in total. The molecular formula is C15H17N5. The first-order chi connectivity index (χ1) is 9.72. The first-order valence-corrected chi connectivity index (χ1v) is 6.73. The molecule has 0 bridgehead atoms. The van der Waals surface area contributed by atoms with Crippen molar-refractivity contribution >= 4 is 11.0 Å². The van der Waals surface area contributed by atoms with Gasteiger partial charge >= 0.3 is 0 Å². The second-order valence-electron chi connectivity index (χ2n) is 5.01. The van der Waals surface area contributed by atoms with Crippen LogP contribution in [0.4, 0.5) is 0 Å². The lowest BCUT2D eigenvalue weighted by molar-refractivity contribution is 0.648. The molecule has 3 aromatic rings. The third kappa shape index (κ3) is 2.67. The predicted octanol–water partition coefficient (Wildman–Crippen LogP) is 2.30. The highest BCUT2D eigenvalue weighted by Crippen LogP contribution is 2.21. The van der Waals surface area contributed by atoms with Gasteiger partial charge in [0.2, 0.25) is 0 Å². The molecule has 1 aromatic carbocycles. The fourth-order valence-corrected chi connectivity index (χ4v) is 2.13. The highest BCUT2D eigenvalue weighted by molar-refractivity contribution is 5.80. The average molecular weight is 267 g/mol. The summed E-state index contributed by atoms with van der Waals surface area (Å²) < 4.78 is 0. The minimum atomic E-state index is 0.170. The van der Waals surface area contributed by atoms with Gasteiger partial charge in [-0.1, -0.05) is 6.07 Å². The second kappa shape index (κ2) is 5.38. The lowest BCUT2D eigenvalue weighted by atomic mass is 10.1. The number of fused-ring (bicyclic) bond motifs is 1. The Morgan fingerprint density at radius 3 is 3.00 bits per heavy atom. The number of aromatic nitrogens is 4. The Hall–Kier alpha value is -2.27. The molecule has 1 unspecified atom stereocenters. The summed E-state index contributed by atoms with van der Waals surface area (Å²) >= 11 is 0. The van der Waals surface area contributed by atoms with Gasteiger partial charge in [0, 0.05) is 24.2 Å². The smallest absolute Gasteiger partial charge is 0.129 e. The molecule has 0 spiro atoms. The van der Waals surface area contributed by atoms with E-state index in [1.165, 1.54) is 0 Å². The maximum Gasteiger partial charge on any atom is 0.129 e. The van der Waals surface area contributed by atoms with Crippen LogP contribution in [-0.2, 0) is 6.42 Å². The zero-order chi connectivity index (χ0) is 13.9. The molecule has 5 heteroatoms. The van der Waals surface area contributed by atoms with E-state index in [0.29, 0.717) is 0 Å². The van der Waals surface area contributed by atoms with Crippen LogP contribution in [0.1, 0.15) is 19.2 Å². The van der Waals surface area contributed by atoms with Crippen molar-refractivity contribution in [2.24, 2.45) is 5.73 Å². The Bertz CT molecular complexity index is 717. The van der Waals surface area contributed by atoms with Gasteiger partial charge in [0.25, 0.3) is 0 Å². The number of rotatable bonds is 4. The molecule has 0 aliphatic rings. The number of hydrogen-bond acceptors (Lipinski definition) is 4. The van der Waals surface area contributed by atoms with E-state index in [1.54, 1.807) is 12.5 Å². The summed E-state index contributed by atoms with van der Waals surface area (Å²) in [5.41, 5.74) is 9.73. The van der Waals surface area contributed by atoms with Gasteiger partial charge in [0.05, 0.1) is 23.1 Å². The number of aryl methyl sites for hydroxylation is 1. The summed E-state index contributed by atoms with van der Waals surface area (Å²) in [5, 5.41) is 0. The summed E-state index contributed by atoms with van der Waals surface area (Å²) in [6.07, 6.45) is 5.19. The quantitative estimate of drug-likeness (QED) is 0.760. The van der Waals surface area contributed by atoms with Gasteiger partial charge in [-0.25, -0.2) is 15.0 Å². The fraction of sp³-hybridized carbons (Fsp3) is 0.267.